The van der Waals surface area contributed by atoms with Crippen molar-refractivity contribution >= 4 is 17.3 Å². The number of methoxy groups -OCH3 is 1. The average Bonchev–Trinajstić information content (AvgIpc) is 2.62. The molecule has 0 aliphatic carbocycles. The van der Waals surface area contributed by atoms with Gasteiger partial charge in [-0.1, -0.05) is 19.1 Å². The standard InChI is InChI=1S/C18H20N2O5/c1-3-13-7-8-15(12-17(13)20(22)23)19-18(21)14-5-4-6-16(11-14)25-10-9-24-2/h4-8,11-12H,3,9-10H2,1-2H3,(H,19,21). The smallest absolute Gasteiger partial charge is 0.274 e. The fraction of sp³-hybridized carbons (Fsp3) is 0.278. The van der Waals surface area contributed by atoms with Crippen molar-refractivity contribution in [2.75, 3.05) is 25.6 Å². The molecule has 0 unspecified atom stereocenters. The normalized spacial score (nSPS) is 10.3. The van der Waals surface area contributed by atoms with E-state index in [-0.39, 0.29) is 11.6 Å². The van der Waals surface area contributed by atoms with E-state index in [0.717, 1.165) is 0 Å². The van der Waals surface area contributed by atoms with Gasteiger partial charge >= 0.3 is 0 Å². The average molecular weight is 344 g/mol. The van der Waals surface area contributed by atoms with Gasteiger partial charge in [-0.15, -0.1) is 0 Å². The number of nitro groups is 1. The van der Waals surface area contributed by atoms with Gasteiger partial charge in [-0.2, -0.15) is 0 Å². The van der Waals surface area contributed by atoms with Gasteiger partial charge in [0.25, 0.3) is 11.6 Å². The minimum absolute atomic E-state index is 0.00282. The van der Waals surface area contributed by atoms with E-state index in [0.29, 0.717) is 42.2 Å². The lowest BCUT2D eigenvalue weighted by Crippen LogP contribution is -2.12. The van der Waals surface area contributed by atoms with Crippen molar-refractivity contribution in [1.82, 2.24) is 0 Å². The molecule has 2 rings (SSSR count). The monoisotopic (exact) mass is 344 g/mol. The van der Waals surface area contributed by atoms with E-state index in [2.05, 4.69) is 5.32 Å². The van der Waals surface area contributed by atoms with Crippen molar-refractivity contribution in [1.29, 1.82) is 0 Å². The highest BCUT2D eigenvalue weighted by Gasteiger charge is 2.15. The van der Waals surface area contributed by atoms with Crippen LogP contribution in [0.25, 0.3) is 0 Å². The highest BCUT2D eigenvalue weighted by atomic mass is 16.6. The quantitative estimate of drug-likeness (QED) is 0.450. The zero-order valence-corrected chi connectivity index (χ0v) is 14.2. The Balaban J connectivity index is 2.13. The molecule has 0 radical (unpaired) electrons. The van der Waals surface area contributed by atoms with E-state index in [1.807, 2.05) is 6.92 Å². The number of hydrogen-bond acceptors (Lipinski definition) is 5. The molecule has 132 valence electrons. The molecular formula is C18H20N2O5. The van der Waals surface area contributed by atoms with Gasteiger partial charge in [-0.25, -0.2) is 0 Å². The maximum atomic E-state index is 12.4. The zero-order chi connectivity index (χ0) is 18.2. The number of benzene rings is 2. The molecule has 0 aromatic heterocycles. The lowest BCUT2D eigenvalue weighted by atomic mass is 10.1. The number of nitrogens with zero attached hydrogens (tertiary/aromatic N) is 1. The van der Waals surface area contributed by atoms with Crippen LogP contribution in [0.2, 0.25) is 0 Å². The molecule has 0 aliphatic rings. The molecule has 0 aliphatic heterocycles. The first-order chi connectivity index (χ1) is 12.0. The van der Waals surface area contributed by atoms with Crippen molar-refractivity contribution in [2.24, 2.45) is 0 Å². The van der Waals surface area contributed by atoms with Gasteiger partial charge in [0.1, 0.15) is 12.4 Å². The SMILES string of the molecule is CCc1ccc(NC(=O)c2cccc(OCCOC)c2)cc1[N+](=O)[O-]. The molecule has 2 aromatic rings. The third kappa shape index (κ3) is 5.02. The second-order valence-corrected chi connectivity index (χ2v) is 5.28. The number of carbonyl (C=O) groups is 1. The maximum Gasteiger partial charge on any atom is 0.274 e. The van der Waals surface area contributed by atoms with Crippen LogP contribution in [-0.4, -0.2) is 31.2 Å². The van der Waals surface area contributed by atoms with Crippen LogP contribution >= 0.6 is 0 Å². The predicted molar refractivity (Wildman–Crippen MR) is 94.2 cm³/mol. The number of anilines is 1. The van der Waals surface area contributed by atoms with Gasteiger partial charge in [0, 0.05) is 30.0 Å². The van der Waals surface area contributed by atoms with E-state index >= 15 is 0 Å². The molecule has 0 atom stereocenters. The zero-order valence-electron chi connectivity index (χ0n) is 14.2. The summed E-state index contributed by atoms with van der Waals surface area (Å²) in [4.78, 5) is 23.0. The van der Waals surface area contributed by atoms with E-state index < -0.39 is 4.92 Å². The van der Waals surface area contributed by atoms with Crippen LogP contribution in [0, 0.1) is 10.1 Å². The van der Waals surface area contributed by atoms with Crippen molar-refractivity contribution in [3.05, 3.63) is 63.7 Å². The number of nitrogens with one attached hydrogen (secondary N) is 1. The third-order valence-corrected chi connectivity index (χ3v) is 3.57. The highest BCUT2D eigenvalue weighted by Crippen LogP contribution is 2.24. The van der Waals surface area contributed by atoms with Crippen LogP contribution in [0.1, 0.15) is 22.8 Å². The topological polar surface area (TPSA) is 90.7 Å². The Bertz CT molecular complexity index is 761. The van der Waals surface area contributed by atoms with Crippen LogP contribution in [0.5, 0.6) is 5.75 Å². The van der Waals surface area contributed by atoms with Gasteiger partial charge in [0.05, 0.1) is 11.5 Å². The summed E-state index contributed by atoms with van der Waals surface area (Å²) in [6.07, 6.45) is 0.547. The Kier molecular flexibility index (Phi) is 6.47. The second kappa shape index (κ2) is 8.79. The lowest BCUT2D eigenvalue weighted by molar-refractivity contribution is -0.385. The molecule has 0 saturated heterocycles. The summed E-state index contributed by atoms with van der Waals surface area (Å²) in [6, 6.07) is 11.4. The summed E-state index contributed by atoms with van der Waals surface area (Å²) in [7, 11) is 1.58. The second-order valence-electron chi connectivity index (χ2n) is 5.28. The highest BCUT2D eigenvalue weighted by molar-refractivity contribution is 6.04. The molecule has 7 heteroatoms. The molecule has 0 fully saturated rings. The van der Waals surface area contributed by atoms with Crippen molar-refractivity contribution < 1.29 is 19.2 Å². The predicted octanol–water partition coefficient (Wildman–Crippen LogP) is 3.43. The van der Waals surface area contributed by atoms with Crippen LogP contribution < -0.4 is 10.1 Å². The molecule has 25 heavy (non-hydrogen) atoms. The van der Waals surface area contributed by atoms with E-state index in [4.69, 9.17) is 9.47 Å². The van der Waals surface area contributed by atoms with Crippen LogP contribution in [0.3, 0.4) is 0 Å². The molecule has 2 aromatic carbocycles. The summed E-state index contributed by atoms with van der Waals surface area (Å²) in [5, 5.41) is 13.8. The van der Waals surface area contributed by atoms with Crippen LogP contribution in [-0.2, 0) is 11.2 Å². The number of nitro benzene ring substituents is 1. The van der Waals surface area contributed by atoms with Crippen LogP contribution in [0.15, 0.2) is 42.5 Å². The minimum Gasteiger partial charge on any atom is -0.491 e. The molecule has 0 heterocycles. The number of hydrogen-bond donors (Lipinski definition) is 1. The Morgan fingerprint density at radius 1 is 1.20 bits per heavy atom. The summed E-state index contributed by atoms with van der Waals surface area (Å²) in [6.45, 7) is 2.67. The Hall–Kier alpha value is -2.93. The Labute approximate surface area is 145 Å². The first-order valence-electron chi connectivity index (χ1n) is 7.85. The van der Waals surface area contributed by atoms with E-state index in [1.54, 1.807) is 43.5 Å². The third-order valence-electron chi connectivity index (χ3n) is 3.57. The summed E-state index contributed by atoms with van der Waals surface area (Å²) in [5.41, 5.74) is 1.39. The number of aryl methyl sites for hydroxylation is 1. The molecule has 1 N–H and O–H groups in total. The van der Waals surface area contributed by atoms with Gasteiger partial charge in [-0.05, 0) is 30.7 Å². The molecule has 0 spiro atoms. The van der Waals surface area contributed by atoms with Gasteiger partial charge in [-0.3, -0.25) is 14.9 Å². The first-order valence-corrected chi connectivity index (χ1v) is 7.85. The number of ether oxygens (including phenoxy) is 2. The molecule has 0 saturated carbocycles. The minimum atomic E-state index is -0.446. The molecule has 1 amide bonds. The lowest BCUT2D eigenvalue weighted by Gasteiger charge is -2.09. The fourth-order valence-electron chi connectivity index (χ4n) is 2.28. The Morgan fingerprint density at radius 3 is 2.68 bits per heavy atom. The maximum absolute atomic E-state index is 12.4. The molecular weight excluding hydrogens is 324 g/mol. The van der Waals surface area contributed by atoms with Gasteiger partial charge in [0.2, 0.25) is 0 Å². The Morgan fingerprint density at radius 2 is 2.00 bits per heavy atom. The summed E-state index contributed by atoms with van der Waals surface area (Å²) >= 11 is 0. The van der Waals surface area contributed by atoms with E-state index in [9.17, 15) is 14.9 Å². The largest absolute Gasteiger partial charge is 0.491 e. The summed E-state index contributed by atoms with van der Waals surface area (Å²) < 4.78 is 10.4. The molecule has 7 nitrogen and oxygen atoms in total. The van der Waals surface area contributed by atoms with Gasteiger partial charge in [0.15, 0.2) is 0 Å². The number of amides is 1. The van der Waals surface area contributed by atoms with Gasteiger partial charge < -0.3 is 14.8 Å². The number of carbonyl (C=O) groups excluding carboxylic acids is 1. The van der Waals surface area contributed by atoms with Crippen molar-refractivity contribution in [2.45, 2.75) is 13.3 Å². The number of rotatable bonds is 8. The first kappa shape index (κ1) is 18.4. The fourth-order valence-corrected chi connectivity index (χ4v) is 2.28. The molecule has 0 bridgehead atoms. The van der Waals surface area contributed by atoms with Crippen LogP contribution in [0.4, 0.5) is 11.4 Å². The van der Waals surface area contributed by atoms with Crippen molar-refractivity contribution in [3.63, 3.8) is 0 Å². The summed E-state index contributed by atoms with van der Waals surface area (Å²) in [5.74, 6) is 0.188. The van der Waals surface area contributed by atoms with Crippen molar-refractivity contribution in [3.8, 4) is 5.75 Å². The van der Waals surface area contributed by atoms with E-state index in [1.165, 1.54) is 6.07 Å².